The lowest BCUT2D eigenvalue weighted by Crippen LogP contribution is -2.44. The average molecular weight is 278 g/mol. The quantitative estimate of drug-likeness (QED) is 0.829. The Kier molecular flexibility index (Phi) is 4.15. The molecule has 0 bridgehead atoms. The highest BCUT2D eigenvalue weighted by molar-refractivity contribution is 5.15. The first kappa shape index (κ1) is 14.1. The fourth-order valence-electron chi connectivity index (χ4n) is 3.11. The maximum absolute atomic E-state index is 5.69. The Morgan fingerprint density at radius 1 is 1.45 bits per heavy atom. The molecule has 1 aliphatic carbocycles. The Morgan fingerprint density at radius 2 is 2.30 bits per heavy atom. The van der Waals surface area contributed by atoms with Gasteiger partial charge in [0.05, 0.1) is 12.9 Å². The second-order valence-electron chi connectivity index (χ2n) is 6.63. The van der Waals surface area contributed by atoms with E-state index < -0.39 is 0 Å². The van der Waals surface area contributed by atoms with E-state index in [2.05, 4.69) is 23.3 Å². The molecule has 0 aromatic carbocycles. The molecule has 2 fully saturated rings. The first-order valence-corrected chi connectivity index (χ1v) is 7.70. The predicted octanol–water partition coefficient (Wildman–Crippen LogP) is 2.18. The van der Waals surface area contributed by atoms with Crippen molar-refractivity contribution in [3.8, 4) is 0 Å². The van der Waals surface area contributed by atoms with Crippen molar-refractivity contribution in [2.45, 2.75) is 38.8 Å². The van der Waals surface area contributed by atoms with Gasteiger partial charge in [-0.05, 0) is 39.3 Å². The smallest absolute Gasteiger partial charge is 0.105 e. The van der Waals surface area contributed by atoms with Crippen molar-refractivity contribution in [3.63, 3.8) is 0 Å². The number of ether oxygens (including phenoxy) is 1. The lowest BCUT2D eigenvalue weighted by molar-refractivity contribution is 0.116. The summed E-state index contributed by atoms with van der Waals surface area (Å²) in [4.78, 5) is 2.40. The highest BCUT2D eigenvalue weighted by Crippen LogP contribution is 2.31. The van der Waals surface area contributed by atoms with E-state index in [9.17, 15) is 0 Å². The molecule has 0 amide bonds. The third kappa shape index (κ3) is 3.43. The van der Waals surface area contributed by atoms with E-state index in [1.165, 1.54) is 24.8 Å². The Balaban J connectivity index is 1.56. The normalized spacial score (nSPS) is 26.6. The number of aryl methyl sites for hydroxylation is 1. The predicted molar refractivity (Wildman–Crippen MR) is 78.7 cm³/mol. The Bertz CT molecular complexity index is 433. The van der Waals surface area contributed by atoms with Gasteiger partial charge in [-0.25, -0.2) is 0 Å². The van der Waals surface area contributed by atoms with E-state index in [1.807, 2.05) is 6.92 Å². The fourth-order valence-corrected chi connectivity index (χ4v) is 3.11. The minimum Gasteiger partial charge on any atom is -0.469 e. The molecule has 1 saturated carbocycles. The average Bonchev–Trinajstić information content (AvgIpc) is 3.02. The fraction of sp³-hybridized carbons (Fsp3) is 0.750. The van der Waals surface area contributed by atoms with Gasteiger partial charge in [0.25, 0.3) is 0 Å². The topological polar surface area (TPSA) is 37.6 Å². The third-order valence-electron chi connectivity index (χ3n) is 4.54. The summed E-state index contributed by atoms with van der Waals surface area (Å²) < 4.78 is 11.1. The molecule has 1 saturated heterocycles. The summed E-state index contributed by atoms with van der Waals surface area (Å²) in [5.41, 5.74) is 1.58. The Hall–Kier alpha value is -0.840. The summed E-state index contributed by atoms with van der Waals surface area (Å²) in [6.45, 7) is 6.95. The van der Waals surface area contributed by atoms with Crippen LogP contribution in [0.25, 0.3) is 0 Å². The molecule has 2 aliphatic rings. The lowest BCUT2D eigenvalue weighted by Gasteiger charge is -2.32. The van der Waals surface area contributed by atoms with Gasteiger partial charge < -0.3 is 19.4 Å². The molecule has 0 spiro atoms. The molecule has 3 rings (SSSR count). The third-order valence-corrected chi connectivity index (χ3v) is 4.54. The van der Waals surface area contributed by atoms with Crippen molar-refractivity contribution in [2.24, 2.45) is 5.41 Å². The van der Waals surface area contributed by atoms with Crippen LogP contribution in [0.3, 0.4) is 0 Å². The minimum atomic E-state index is 0.287. The zero-order valence-corrected chi connectivity index (χ0v) is 12.7. The number of nitrogens with one attached hydrogen (secondary N) is 1. The van der Waals surface area contributed by atoms with Gasteiger partial charge >= 0.3 is 0 Å². The van der Waals surface area contributed by atoms with Gasteiger partial charge in [0.15, 0.2) is 0 Å². The van der Waals surface area contributed by atoms with Gasteiger partial charge in [-0.3, -0.25) is 0 Å². The molecule has 1 aromatic rings. The standard InChI is InChI=1S/C16H26N2O2/c1-13-14(5-7-20-13)9-18(2)11-16(6-8-19-12-16)10-17-15-3-4-15/h5,7,15,17H,3-4,6,8-12H2,1-2H3. The van der Waals surface area contributed by atoms with Crippen molar-refractivity contribution in [1.82, 2.24) is 10.2 Å². The second-order valence-corrected chi connectivity index (χ2v) is 6.63. The van der Waals surface area contributed by atoms with Crippen molar-refractivity contribution in [1.29, 1.82) is 0 Å². The molecule has 4 nitrogen and oxygen atoms in total. The highest BCUT2D eigenvalue weighted by atomic mass is 16.5. The largest absolute Gasteiger partial charge is 0.469 e. The molecule has 1 atom stereocenters. The molecule has 1 N–H and O–H groups in total. The number of nitrogens with zero attached hydrogens (tertiary/aromatic N) is 1. The minimum absolute atomic E-state index is 0.287. The number of hydrogen-bond donors (Lipinski definition) is 1. The summed E-state index contributed by atoms with van der Waals surface area (Å²) in [7, 11) is 2.20. The van der Waals surface area contributed by atoms with Gasteiger partial charge in [0, 0.05) is 43.3 Å². The van der Waals surface area contributed by atoms with Crippen LogP contribution in [0.2, 0.25) is 0 Å². The van der Waals surface area contributed by atoms with Gasteiger partial charge in [-0.15, -0.1) is 0 Å². The summed E-state index contributed by atoms with van der Waals surface area (Å²) in [5, 5.41) is 3.69. The summed E-state index contributed by atoms with van der Waals surface area (Å²) >= 11 is 0. The lowest BCUT2D eigenvalue weighted by atomic mass is 9.86. The molecule has 1 aromatic heterocycles. The van der Waals surface area contributed by atoms with E-state index in [-0.39, 0.29) is 5.41 Å². The molecule has 112 valence electrons. The molecule has 0 radical (unpaired) electrons. The van der Waals surface area contributed by atoms with Gasteiger partial charge in [0.1, 0.15) is 5.76 Å². The number of rotatable bonds is 7. The summed E-state index contributed by atoms with van der Waals surface area (Å²) in [6.07, 6.45) is 5.64. The van der Waals surface area contributed by atoms with Gasteiger partial charge in [-0.1, -0.05) is 0 Å². The van der Waals surface area contributed by atoms with Gasteiger partial charge in [-0.2, -0.15) is 0 Å². The van der Waals surface area contributed by atoms with Crippen LogP contribution in [0.1, 0.15) is 30.6 Å². The summed E-state index contributed by atoms with van der Waals surface area (Å²) in [5.74, 6) is 1.03. The van der Waals surface area contributed by atoms with Crippen LogP contribution in [0.15, 0.2) is 16.7 Å². The molecular formula is C16H26N2O2. The van der Waals surface area contributed by atoms with Crippen LogP contribution >= 0.6 is 0 Å². The van der Waals surface area contributed by atoms with Crippen LogP contribution in [0.4, 0.5) is 0 Å². The van der Waals surface area contributed by atoms with E-state index in [0.717, 1.165) is 44.7 Å². The van der Waals surface area contributed by atoms with Crippen LogP contribution in [0.5, 0.6) is 0 Å². The number of hydrogen-bond acceptors (Lipinski definition) is 4. The second kappa shape index (κ2) is 5.88. The molecule has 1 unspecified atom stereocenters. The van der Waals surface area contributed by atoms with E-state index in [1.54, 1.807) is 6.26 Å². The van der Waals surface area contributed by atoms with Crippen LogP contribution in [-0.2, 0) is 11.3 Å². The zero-order chi connectivity index (χ0) is 14.0. The van der Waals surface area contributed by atoms with Gasteiger partial charge in [0.2, 0.25) is 0 Å². The molecule has 20 heavy (non-hydrogen) atoms. The molecule has 2 heterocycles. The van der Waals surface area contributed by atoms with E-state index in [0.29, 0.717) is 0 Å². The maximum Gasteiger partial charge on any atom is 0.105 e. The van der Waals surface area contributed by atoms with E-state index >= 15 is 0 Å². The monoisotopic (exact) mass is 278 g/mol. The maximum atomic E-state index is 5.69. The summed E-state index contributed by atoms with van der Waals surface area (Å²) in [6, 6.07) is 2.85. The molecule has 1 aliphatic heterocycles. The van der Waals surface area contributed by atoms with Crippen molar-refractivity contribution < 1.29 is 9.15 Å². The SMILES string of the molecule is Cc1occc1CN(C)CC1(CNC2CC2)CCOC1. The van der Waals surface area contributed by atoms with Crippen molar-refractivity contribution in [2.75, 3.05) is 33.4 Å². The Labute approximate surface area is 121 Å². The van der Waals surface area contributed by atoms with Crippen molar-refractivity contribution in [3.05, 3.63) is 23.7 Å². The molecule has 4 heteroatoms. The first-order valence-electron chi connectivity index (χ1n) is 7.70. The highest BCUT2D eigenvalue weighted by Gasteiger charge is 2.37. The van der Waals surface area contributed by atoms with Crippen LogP contribution in [0, 0.1) is 12.3 Å². The zero-order valence-electron chi connectivity index (χ0n) is 12.7. The van der Waals surface area contributed by atoms with E-state index in [4.69, 9.17) is 9.15 Å². The number of furan rings is 1. The van der Waals surface area contributed by atoms with Crippen LogP contribution < -0.4 is 5.32 Å². The van der Waals surface area contributed by atoms with Crippen LogP contribution in [-0.4, -0.2) is 44.3 Å². The Morgan fingerprint density at radius 3 is 2.90 bits per heavy atom. The van der Waals surface area contributed by atoms with Crippen molar-refractivity contribution >= 4 is 0 Å². The molecular weight excluding hydrogens is 252 g/mol. The first-order chi connectivity index (χ1) is 9.67.